The highest BCUT2D eigenvalue weighted by Gasteiger charge is 2.20. The summed E-state index contributed by atoms with van der Waals surface area (Å²) in [6.45, 7) is 2.66. The molecule has 0 saturated carbocycles. The van der Waals surface area contributed by atoms with Gasteiger partial charge in [0.15, 0.2) is 11.6 Å². The largest absolute Gasteiger partial charge is 0.378 e. The smallest absolute Gasteiger partial charge is 0.253 e. The summed E-state index contributed by atoms with van der Waals surface area (Å²) in [6, 6.07) is 9.46. The average Bonchev–Trinajstić information content (AvgIpc) is 2.88. The van der Waals surface area contributed by atoms with Gasteiger partial charge in [0.1, 0.15) is 5.52 Å². The number of rotatable bonds is 4. The molecule has 3 aromatic heterocycles. The maximum atomic E-state index is 12.4. The van der Waals surface area contributed by atoms with Gasteiger partial charge in [0, 0.05) is 56.9 Å². The van der Waals surface area contributed by atoms with Gasteiger partial charge < -0.3 is 20.3 Å². The van der Waals surface area contributed by atoms with E-state index in [4.69, 9.17) is 25.4 Å². The van der Waals surface area contributed by atoms with E-state index in [2.05, 4.69) is 14.9 Å². The number of aromatic nitrogens is 5. The lowest BCUT2D eigenvalue weighted by Crippen LogP contribution is -2.37. The number of carbonyl (C=O) groups is 1. The molecule has 4 aromatic rings. The minimum atomic E-state index is -0.0573. The fraction of sp³-hybridized carbons (Fsp3) is 0.250. The average molecular weight is 457 g/mol. The van der Waals surface area contributed by atoms with E-state index < -0.39 is 0 Å². The van der Waals surface area contributed by atoms with Gasteiger partial charge in [-0.1, -0.05) is 12.1 Å². The predicted octanol–water partition coefficient (Wildman–Crippen LogP) is 2.27. The van der Waals surface area contributed by atoms with E-state index >= 15 is 0 Å². The van der Waals surface area contributed by atoms with Crippen LogP contribution >= 0.6 is 0 Å². The summed E-state index contributed by atoms with van der Waals surface area (Å²) in [6.07, 6.45) is 5.02. The summed E-state index contributed by atoms with van der Waals surface area (Å²) in [4.78, 5) is 38.6. The molecular weight excluding hydrogens is 432 g/mol. The quantitative estimate of drug-likeness (QED) is 0.492. The molecule has 5 rings (SSSR count). The number of pyridine rings is 1. The highest BCUT2D eigenvalue weighted by atomic mass is 16.5. The van der Waals surface area contributed by atoms with Crippen LogP contribution in [-0.2, 0) is 4.74 Å². The molecule has 0 aliphatic carbocycles. The van der Waals surface area contributed by atoms with E-state index in [1.807, 2.05) is 24.3 Å². The molecule has 1 fully saturated rings. The van der Waals surface area contributed by atoms with E-state index in [9.17, 15) is 4.79 Å². The molecule has 1 aromatic carbocycles. The molecule has 1 aliphatic heterocycles. The van der Waals surface area contributed by atoms with Crippen molar-refractivity contribution in [2.24, 2.45) is 0 Å². The maximum absolute atomic E-state index is 12.4. The Hall–Kier alpha value is -4.18. The highest BCUT2D eigenvalue weighted by Crippen LogP contribution is 2.30. The van der Waals surface area contributed by atoms with Crippen molar-refractivity contribution in [1.29, 1.82) is 0 Å². The Morgan fingerprint density at radius 3 is 2.44 bits per heavy atom. The van der Waals surface area contributed by atoms with Gasteiger partial charge in [-0.25, -0.2) is 19.9 Å². The Kier molecular flexibility index (Phi) is 5.72. The minimum absolute atomic E-state index is 0.0573. The molecule has 2 N–H and O–H groups in total. The third-order valence-electron chi connectivity index (χ3n) is 5.61. The van der Waals surface area contributed by atoms with E-state index in [0.717, 1.165) is 16.9 Å². The first kappa shape index (κ1) is 21.7. The summed E-state index contributed by atoms with van der Waals surface area (Å²) >= 11 is 0. The Morgan fingerprint density at radius 2 is 1.71 bits per heavy atom. The molecule has 0 unspecified atom stereocenters. The number of nitrogens with zero attached hydrogens (tertiary/aromatic N) is 7. The normalized spacial score (nSPS) is 13.8. The van der Waals surface area contributed by atoms with Crippen LogP contribution in [0.3, 0.4) is 0 Å². The second-order valence-electron chi connectivity index (χ2n) is 8.17. The van der Waals surface area contributed by atoms with Gasteiger partial charge in [0.25, 0.3) is 5.91 Å². The SMILES string of the molecule is CN(C)C(=O)c1cccc(-c2cnc3c(N4CCOCC4)nc(-c4cnc(N)nc4)nc3c2)c1. The maximum Gasteiger partial charge on any atom is 0.253 e. The fourth-order valence-corrected chi connectivity index (χ4v) is 3.83. The number of carbonyl (C=O) groups excluding carboxylic acids is 1. The van der Waals surface area contributed by atoms with Crippen molar-refractivity contribution in [3.8, 4) is 22.5 Å². The van der Waals surface area contributed by atoms with Gasteiger partial charge in [0.2, 0.25) is 5.95 Å². The lowest BCUT2D eigenvalue weighted by molar-refractivity contribution is 0.0827. The third kappa shape index (κ3) is 4.23. The van der Waals surface area contributed by atoms with Gasteiger partial charge in [-0.15, -0.1) is 0 Å². The molecule has 172 valence electrons. The molecule has 0 bridgehead atoms. The van der Waals surface area contributed by atoms with E-state index in [1.165, 1.54) is 0 Å². The van der Waals surface area contributed by atoms with Gasteiger partial charge in [-0.2, -0.15) is 0 Å². The van der Waals surface area contributed by atoms with E-state index in [0.29, 0.717) is 54.3 Å². The zero-order chi connectivity index (χ0) is 23.7. The topological polar surface area (TPSA) is 123 Å². The van der Waals surface area contributed by atoms with E-state index in [1.54, 1.807) is 43.7 Å². The number of benzene rings is 1. The number of anilines is 2. The zero-order valence-corrected chi connectivity index (χ0v) is 19.0. The summed E-state index contributed by atoms with van der Waals surface area (Å²) in [5.74, 6) is 1.36. The number of amides is 1. The molecule has 34 heavy (non-hydrogen) atoms. The highest BCUT2D eigenvalue weighted by molar-refractivity contribution is 5.96. The third-order valence-corrected chi connectivity index (χ3v) is 5.61. The Bertz CT molecular complexity index is 1350. The number of nitrogens with two attached hydrogens (primary N) is 1. The van der Waals surface area contributed by atoms with Crippen molar-refractivity contribution in [3.63, 3.8) is 0 Å². The van der Waals surface area contributed by atoms with Crippen LogP contribution in [0.15, 0.2) is 48.9 Å². The van der Waals surface area contributed by atoms with Gasteiger partial charge in [-0.3, -0.25) is 9.78 Å². The number of ether oxygens (including phenoxy) is 1. The van der Waals surface area contributed by atoms with Gasteiger partial charge in [0.05, 0.1) is 24.3 Å². The fourth-order valence-electron chi connectivity index (χ4n) is 3.83. The molecule has 1 amide bonds. The van der Waals surface area contributed by atoms with Crippen molar-refractivity contribution < 1.29 is 9.53 Å². The second kappa shape index (κ2) is 8.99. The second-order valence-corrected chi connectivity index (χ2v) is 8.17. The lowest BCUT2D eigenvalue weighted by Gasteiger charge is -2.28. The van der Waals surface area contributed by atoms with Crippen LogP contribution in [-0.4, -0.2) is 76.1 Å². The monoisotopic (exact) mass is 456 g/mol. The summed E-state index contributed by atoms with van der Waals surface area (Å²) < 4.78 is 5.52. The number of morpholine rings is 1. The van der Waals surface area contributed by atoms with Crippen LogP contribution in [0.5, 0.6) is 0 Å². The molecule has 10 nitrogen and oxygen atoms in total. The molecule has 0 radical (unpaired) electrons. The van der Waals surface area contributed by atoms with Crippen molar-refractivity contribution in [3.05, 3.63) is 54.5 Å². The van der Waals surface area contributed by atoms with E-state index in [-0.39, 0.29) is 11.9 Å². The van der Waals surface area contributed by atoms with Crippen LogP contribution in [0.1, 0.15) is 10.4 Å². The molecule has 1 saturated heterocycles. The first-order valence-corrected chi connectivity index (χ1v) is 10.9. The van der Waals surface area contributed by atoms with Gasteiger partial charge >= 0.3 is 0 Å². The van der Waals surface area contributed by atoms with Crippen molar-refractivity contribution in [2.45, 2.75) is 0 Å². The molecular formula is C24H24N8O2. The molecule has 4 heterocycles. The Labute approximate surface area is 196 Å². The summed E-state index contributed by atoms with van der Waals surface area (Å²) in [5.41, 5.74) is 10.0. The molecule has 0 atom stereocenters. The summed E-state index contributed by atoms with van der Waals surface area (Å²) in [5, 5.41) is 0. The van der Waals surface area contributed by atoms with Crippen LogP contribution in [0.4, 0.5) is 11.8 Å². The van der Waals surface area contributed by atoms with Crippen LogP contribution < -0.4 is 10.6 Å². The number of hydrogen-bond donors (Lipinski definition) is 1. The lowest BCUT2D eigenvalue weighted by atomic mass is 10.0. The van der Waals surface area contributed by atoms with Crippen LogP contribution in [0.2, 0.25) is 0 Å². The standard InChI is InChI=1S/C24H24N8O2/c1-31(2)23(33)16-5-3-4-15(10-16)17-11-19-20(26-12-17)22(32-6-8-34-9-7-32)30-21(29-19)18-13-27-24(25)28-14-18/h3-5,10-14H,6-9H2,1-2H3,(H2,25,27,28). The minimum Gasteiger partial charge on any atom is -0.378 e. The Morgan fingerprint density at radius 1 is 0.971 bits per heavy atom. The molecule has 10 heteroatoms. The predicted molar refractivity (Wildman–Crippen MR) is 129 cm³/mol. The van der Waals surface area contributed by atoms with Crippen LogP contribution in [0.25, 0.3) is 33.5 Å². The number of nitrogen functional groups attached to an aromatic ring is 1. The van der Waals surface area contributed by atoms with Crippen molar-refractivity contribution in [1.82, 2.24) is 29.8 Å². The Balaban J connectivity index is 1.64. The summed E-state index contributed by atoms with van der Waals surface area (Å²) in [7, 11) is 3.47. The first-order valence-electron chi connectivity index (χ1n) is 10.9. The molecule has 0 spiro atoms. The van der Waals surface area contributed by atoms with Gasteiger partial charge in [-0.05, 0) is 23.8 Å². The molecule has 1 aliphatic rings. The number of fused-ring (bicyclic) bond motifs is 1. The number of hydrogen-bond acceptors (Lipinski definition) is 9. The first-order chi connectivity index (χ1) is 16.5. The zero-order valence-electron chi connectivity index (χ0n) is 19.0. The van der Waals surface area contributed by atoms with Crippen molar-refractivity contribution in [2.75, 3.05) is 51.0 Å². The van der Waals surface area contributed by atoms with Crippen molar-refractivity contribution >= 4 is 28.7 Å². The van der Waals surface area contributed by atoms with Crippen LogP contribution in [0, 0.1) is 0 Å².